The van der Waals surface area contributed by atoms with Crippen molar-refractivity contribution in [2.45, 2.75) is 13.0 Å². The van der Waals surface area contributed by atoms with Gasteiger partial charge in [-0.1, -0.05) is 12.1 Å². The first-order valence-corrected chi connectivity index (χ1v) is 4.54. The molecule has 0 unspecified atom stereocenters. The summed E-state index contributed by atoms with van der Waals surface area (Å²) in [6.45, 7) is 0.414. The number of carbonyl (C=O) groups excluding carboxylic acids is 1. The Balaban J connectivity index is 2.50. The van der Waals surface area contributed by atoms with Crippen molar-refractivity contribution in [3.05, 3.63) is 34.7 Å². The minimum atomic E-state index is -0.345. The molecule has 0 amide bonds. The summed E-state index contributed by atoms with van der Waals surface area (Å²) >= 11 is 0. The molecule has 0 aliphatic carbocycles. The third-order valence-corrected chi connectivity index (χ3v) is 1.76. The maximum atomic E-state index is 11.0. The smallest absolute Gasteiger partial charge is 0.307 e. The monoisotopic (exact) mass is 208 g/mol. The van der Waals surface area contributed by atoms with Crippen LogP contribution >= 0.6 is 0 Å². The highest BCUT2D eigenvalue weighted by Crippen LogP contribution is 2.14. The van der Waals surface area contributed by atoms with E-state index in [2.05, 4.69) is 5.18 Å². The summed E-state index contributed by atoms with van der Waals surface area (Å²) in [6.07, 6.45) is 0.200. The van der Waals surface area contributed by atoms with Crippen molar-refractivity contribution in [3.8, 4) is 0 Å². The molecule has 80 valence electrons. The van der Waals surface area contributed by atoms with Gasteiger partial charge in [0.1, 0.15) is 12.3 Å². The molecule has 2 N–H and O–H groups in total. The predicted molar refractivity (Wildman–Crippen MR) is 55.4 cm³/mol. The Labute approximate surface area is 87.2 Å². The number of nitrogens with two attached hydrogens (primary N) is 1. The number of rotatable bonds is 5. The number of ether oxygens (including phenoxy) is 1. The zero-order valence-electron chi connectivity index (χ0n) is 8.18. The van der Waals surface area contributed by atoms with Crippen LogP contribution in [0.15, 0.2) is 29.4 Å². The van der Waals surface area contributed by atoms with E-state index in [0.29, 0.717) is 5.69 Å². The summed E-state index contributed by atoms with van der Waals surface area (Å²) in [4.78, 5) is 21.2. The lowest BCUT2D eigenvalue weighted by Crippen LogP contribution is -2.10. The molecule has 1 rings (SSSR count). The molecule has 0 aliphatic rings. The van der Waals surface area contributed by atoms with Crippen LogP contribution in [0.3, 0.4) is 0 Å². The maximum absolute atomic E-state index is 11.0. The summed E-state index contributed by atoms with van der Waals surface area (Å²) in [6, 6.07) is 6.59. The largest absolute Gasteiger partial charge is 0.461 e. The first-order valence-electron chi connectivity index (χ1n) is 4.54. The molecule has 0 bridgehead atoms. The standard InChI is InChI=1S/C10H12N2O3/c11-5-4-10(13)15-7-8-2-1-3-9(6-8)12-14/h1-3,6H,4-5,7,11H2. The Hall–Kier alpha value is -1.75. The van der Waals surface area contributed by atoms with E-state index in [9.17, 15) is 9.70 Å². The van der Waals surface area contributed by atoms with Gasteiger partial charge in [0.05, 0.1) is 6.42 Å². The van der Waals surface area contributed by atoms with Gasteiger partial charge >= 0.3 is 5.97 Å². The molecule has 15 heavy (non-hydrogen) atoms. The number of esters is 1. The number of hydrogen-bond donors (Lipinski definition) is 1. The van der Waals surface area contributed by atoms with Crippen molar-refractivity contribution >= 4 is 11.7 Å². The molecular formula is C10H12N2O3. The highest BCUT2D eigenvalue weighted by molar-refractivity contribution is 5.69. The van der Waals surface area contributed by atoms with Gasteiger partial charge in [0.25, 0.3) is 0 Å². The van der Waals surface area contributed by atoms with Crippen LogP contribution in [0.25, 0.3) is 0 Å². The number of hydrogen-bond acceptors (Lipinski definition) is 5. The average Bonchev–Trinajstić information content (AvgIpc) is 2.27. The van der Waals surface area contributed by atoms with Crippen molar-refractivity contribution in [1.82, 2.24) is 0 Å². The fourth-order valence-corrected chi connectivity index (χ4v) is 1.06. The minimum absolute atomic E-state index is 0.141. The summed E-state index contributed by atoms with van der Waals surface area (Å²) in [7, 11) is 0. The van der Waals surface area contributed by atoms with Crippen molar-refractivity contribution < 1.29 is 9.53 Å². The van der Waals surface area contributed by atoms with E-state index >= 15 is 0 Å². The van der Waals surface area contributed by atoms with E-state index in [0.717, 1.165) is 5.56 Å². The SMILES string of the molecule is NCCC(=O)OCc1cccc(N=O)c1. The summed E-state index contributed by atoms with van der Waals surface area (Å²) in [5, 5.41) is 2.78. The van der Waals surface area contributed by atoms with Crippen LogP contribution in [0, 0.1) is 4.91 Å². The molecule has 1 aromatic carbocycles. The van der Waals surface area contributed by atoms with E-state index in [1.54, 1.807) is 24.3 Å². The zero-order chi connectivity index (χ0) is 11.1. The fourth-order valence-electron chi connectivity index (χ4n) is 1.06. The van der Waals surface area contributed by atoms with Gasteiger partial charge in [-0.15, -0.1) is 4.91 Å². The molecule has 0 fully saturated rings. The molecule has 0 saturated carbocycles. The lowest BCUT2D eigenvalue weighted by Gasteiger charge is -2.03. The van der Waals surface area contributed by atoms with E-state index in [1.165, 1.54) is 0 Å². The van der Waals surface area contributed by atoms with Crippen molar-refractivity contribution in [2.75, 3.05) is 6.54 Å². The summed E-state index contributed by atoms with van der Waals surface area (Å²) in [5.74, 6) is -0.345. The van der Waals surface area contributed by atoms with Gasteiger partial charge in [0.2, 0.25) is 0 Å². The molecule has 0 atom stereocenters. The van der Waals surface area contributed by atoms with Gasteiger partial charge in [0.15, 0.2) is 0 Å². The molecule has 0 aromatic heterocycles. The fraction of sp³-hybridized carbons (Fsp3) is 0.300. The zero-order valence-corrected chi connectivity index (χ0v) is 8.18. The van der Waals surface area contributed by atoms with Gasteiger partial charge in [-0.2, -0.15) is 0 Å². The molecule has 1 aromatic rings. The molecule has 0 aliphatic heterocycles. The second-order valence-corrected chi connectivity index (χ2v) is 2.96. The Morgan fingerprint density at radius 3 is 2.93 bits per heavy atom. The van der Waals surface area contributed by atoms with Gasteiger partial charge < -0.3 is 10.5 Å². The quantitative estimate of drug-likeness (QED) is 0.586. The third kappa shape index (κ3) is 3.86. The van der Waals surface area contributed by atoms with Crippen molar-refractivity contribution in [3.63, 3.8) is 0 Å². The van der Waals surface area contributed by atoms with Crippen molar-refractivity contribution in [2.24, 2.45) is 10.9 Å². The number of carbonyl (C=O) groups is 1. The number of nitroso groups, excluding NO2 is 1. The topological polar surface area (TPSA) is 81.8 Å². The van der Waals surface area contributed by atoms with Crippen LogP contribution in [0.4, 0.5) is 5.69 Å². The lowest BCUT2D eigenvalue weighted by molar-refractivity contribution is -0.144. The van der Waals surface area contributed by atoms with Crippen LogP contribution < -0.4 is 5.73 Å². The van der Waals surface area contributed by atoms with Gasteiger partial charge in [-0.3, -0.25) is 4.79 Å². The average molecular weight is 208 g/mol. The van der Waals surface area contributed by atoms with Gasteiger partial charge in [-0.25, -0.2) is 0 Å². The molecular weight excluding hydrogens is 196 g/mol. The van der Waals surface area contributed by atoms with E-state index in [4.69, 9.17) is 10.5 Å². The predicted octanol–water partition coefficient (Wildman–Crippen LogP) is 1.48. The summed E-state index contributed by atoms with van der Waals surface area (Å²) in [5.41, 5.74) is 6.24. The van der Waals surface area contributed by atoms with Crippen LogP contribution in [-0.4, -0.2) is 12.5 Å². The Morgan fingerprint density at radius 2 is 2.27 bits per heavy atom. The Kier molecular flexibility index (Phi) is 4.43. The maximum Gasteiger partial charge on any atom is 0.307 e. The van der Waals surface area contributed by atoms with E-state index in [-0.39, 0.29) is 25.5 Å². The van der Waals surface area contributed by atoms with Crippen LogP contribution in [0.1, 0.15) is 12.0 Å². The highest BCUT2D eigenvalue weighted by atomic mass is 16.5. The first kappa shape index (κ1) is 11.3. The van der Waals surface area contributed by atoms with Gasteiger partial charge in [-0.05, 0) is 22.9 Å². The number of benzene rings is 1. The second-order valence-electron chi connectivity index (χ2n) is 2.96. The molecule has 5 nitrogen and oxygen atoms in total. The highest BCUT2D eigenvalue weighted by Gasteiger charge is 2.02. The third-order valence-electron chi connectivity index (χ3n) is 1.76. The Bertz CT molecular complexity index is 352. The molecule has 0 radical (unpaired) electrons. The Morgan fingerprint density at radius 1 is 1.47 bits per heavy atom. The minimum Gasteiger partial charge on any atom is -0.461 e. The number of nitrogens with zero attached hydrogens (tertiary/aromatic N) is 1. The normalized spacial score (nSPS) is 9.67. The van der Waals surface area contributed by atoms with Crippen LogP contribution in [0.2, 0.25) is 0 Å². The molecule has 0 saturated heterocycles. The first-order chi connectivity index (χ1) is 7.26. The second kappa shape index (κ2) is 5.87. The van der Waals surface area contributed by atoms with Crippen LogP contribution in [0.5, 0.6) is 0 Å². The van der Waals surface area contributed by atoms with Crippen molar-refractivity contribution in [1.29, 1.82) is 0 Å². The summed E-state index contributed by atoms with van der Waals surface area (Å²) < 4.78 is 4.91. The van der Waals surface area contributed by atoms with Crippen LogP contribution in [-0.2, 0) is 16.1 Å². The molecule has 0 heterocycles. The van der Waals surface area contributed by atoms with E-state index in [1.807, 2.05) is 0 Å². The molecule has 0 spiro atoms. The molecule has 5 heteroatoms. The van der Waals surface area contributed by atoms with E-state index < -0.39 is 0 Å². The van der Waals surface area contributed by atoms with Gasteiger partial charge in [0, 0.05) is 6.54 Å². The lowest BCUT2D eigenvalue weighted by atomic mass is 10.2.